The summed E-state index contributed by atoms with van der Waals surface area (Å²) < 4.78 is 14.1. The van der Waals surface area contributed by atoms with Crippen molar-refractivity contribution in [3.8, 4) is 0 Å². The van der Waals surface area contributed by atoms with Crippen LogP contribution >= 0.6 is 0 Å². The lowest BCUT2D eigenvalue weighted by Gasteiger charge is -2.33. The Balaban J connectivity index is 2.09. The van der Waals surface area contributed by atoms with Crippen molar-refractivity contribution in [3.63, 3.8) is 0 Å². The summed E-state index contributed by atoms with van der Waals surface area (Å²) in [7, 11) is 0. The Labute approximate surface area is 128 Å². The summed E-state index contributed by atoms with van der Waals surface area (Å²) in [5.41, 5.74) is 0.0501. The maximum atomic E-state index is 14.1. The fraction of sp³-hybridized carbons (Fsp3) is 0.533. The van der Waals surface area contributed by atoms with Crippen molar-refractivity contribution in [3.05, 3.63) is 34.1 Å². The van der Waals surface area contributed by atoms with E-state index in [1.54, 1.807) is 4.90 Å². The van der Waals surface area contributed by atoms with E-state index in [1.807, 2.05) is 6.92 Å². The van der Waals surface area contributed by atoms with E-state index in [-0.39, 0.29) is 17.5 Å². The Morgan fingerprint density at radius 2 is 2.32 bits per heavy atom. The first-order valence-electron chi connectivity index (χ1n) is 7.49. The number of carbonyl (C=O) groups is 1. The van der Waals surface area contributed by atoms with Gasteiger partial charge >= 0.3 is 0 Å². The van der Waals surface area contributed by atoms with Crippen LogP contribution in [-0.2, 0) is 4.79 Å². The number of non-ortho nitro benzene ring substituents is 1. The van der Waals surface area contributed by atoms with Crippen LogP contribution in [0, 0.1) is 21.8 Å². The van der Waals surface area contributed by atoms with Gasteiger partial charge in [0.2, 0.25) is 5.91 Å². The van der Waals surface area contributed by atoms with Crippen LogP contribution < -0.4 is 10.2 Å². The lowest BCUT2D eigenvalue weighted by atomic mass is 9.96. The van der Waals surface area contributed by atoms with Gasteiger partial charge in [-0.1, -0.05) is 6.92 Å². The predicted octanol–water partition coefficient (Wildman–Crippen LogP) is 2.48. The third-order valence-corrected chi connectivity index (χ3v) is 3.82. The molecule has 0 saturated carbocycles. The zero-order valence-corrected chi connectivity index (χ0v) is 12.5. The average molecular weight is 309 g/mol. The molecule has 1 aliphatic rings. The molecule has 0 bridgehead atoms. The molecule has 0 aliphatic carbocycles. The molecule has 1 aliphatic heterocycles. The molecule has 0 spiro atoms. The molecule has 1 aromatic rings. The van der Waals surface area contributed by atoms with Crippen LogP contribution in [0.3, 0.4) is 0 Å². The van der Waals surface area contributed by atoms with Crippen molar-refractivity contribution >= 4 is 17.3 Å². The average Bonchev–Trinajstić information content (AvgIpc) is 2.52. The minimum Gasteiger partial charge on any atom is -0.368 e. The highest BCUT2D eigenvalue weighted by Gasteiger charge is 2.27. The second-order valence-corrected chi connectivity index (χ2v) is 5.47. The Bertz CT molecular complexity index is 565. The van der Waals surface area contributed by atoms with Gasteiger partial charge in [-0.3, -0.25) is 14.9 Å². The molecule has 0 aromatic heterocycles. The van der Waals surface area contributed by atoms with Crippen molar-refractivity contribution in [2.75, 3.05) is 24.5 Å². The first-order valence-corrected chi connectivity index (χ1v) is 7.49. The first-order chi connectivity index (χ1) is 10.5. The van der Waals surface area contributed by atoms with Gasteiger partial charge in [0.05, 0.1) is 22.6 Å². The Morgan fingerprint density at radius 3 is 2.95 bits per heavy atom. The number of nitro groups is 1. The summed E-state index contributed by atoms with van der Waals surface area (Å²) in [6.07, 6.45) is 2.44. The predicted molar refractivity (Wildman–Crippen MR) is 81.3 cm³/mol. The summed E-state index contributed by atoms with van der Waals surface area (Å²) in [6, 6.07) is 3.63. The molecule has 1 saturated heterocycles. The highest BCUT2D eigenvalue weighted by Crippen LogP contribution is 2.28. The SMILES string of the molecule is CCCNC(=O)C1CCCN(c2ccc([N+](=O)[O-])cc2F)C1. The highest BCUT2D eigenvalue weighted by atomic mass is 19.1. The number of piperidine rings is 1. The van der Waals surface area contributed by atoms with Gasteiger partial charge in [-0.15, -0.1) is 0 Å². The third-order valence-electron chi connectivity index (χ3n) is 3.82. The molecule has 1 aromatic carbocycles. The van der Waals surface area contributed by atoms with Gasteiger partial charge in [0.15, 0.2) is 5.82 Å². The van der Waals surface area contributed by atoms with Crippen LogP contribution in [0.1, 0.15) is 26.2 Å². The highest BCUT2D eigenvalue weighted by molar-refractivity contribution is 5.79. The lowest BCUT2D eigenvalue weighted by Crippen LogP contribution is -2.43. The second kappa shape index (κ2) is 7.20. The minimum atomic E-state index is -0.621. The van der Waals surface area contributed by atoms with E-state index in [0.717, 1.165) is 25.3 Å². The maximum Gasteiger partial charge on any atom is 0.272 e. The molecule has 6 nitrogen and oxygen atoms in total. The number of nitrogens with zero attached hydrogens (tertiary/aromatic N) is 2. The molecule has 1 heterocycles. The number of amides is 1. The van der Waals surface area contributed by atoms with Gasteiger partial charge < -0.3 is 10.2 Å². The van der Waals surface area contributed by atoms with Gasteiger partial charge in [-0.05, 0) is 25.3 Å². The Hall–Kier alpha value is -2.18. The van der Waals surface area contributed by atoms with E-state index in [1.165, 1.54) is 12.1 Å². The molecule has 2 rings (SSSR count). The van der Waals surface area contributed by atoms with Gasteiger partial charge in [0.1, 0.15) is 0 Å². The molecular weight excluding hydrogens is 289 g/mol. The van der Waals surface area contributed by atoms with Crippen molar-refractivity contribution in [2.24, 2.45) is 5.92 Å². The standard InChI is InChI=1S/C15H20FN3O3/c1-2-7-17-15(20)11-4-3-8-18(10-11)14-6-5-12(19(21)22)9-13(14)16/h5-6,9,11H,2-4,7-8,10H2,1H3,(H,17,20). The van der Waals surface area contributed by atoms with E-state index >= 15 is 0 Å². The number of nitro benzene ring substituents is 1. The van der Waals surface area contributed by atoms with E-state index in [2.05, 4.69) is 5.32 Å². The van der Waals surface area contributed by atoms with Crippen LogP contribution in [0.15, 0.2) is 18.2 Å². The van der Waals surface area contributed by atoms with Crippen LogP contribution in [-0.4, -0.2) is 30.5 Å². The van der Waals surface area contributed by atoms with E-state index < -0.39 is 10.7 Å². The lowest BCUT2D eigenvalue weighted by molar-refractivity contribution is -0.385. The topological polar surface area (TPSA) is 75.5 Å². The molecule has 22 heavy (non-hydrogen) atoms. The molecule has 1 fully saturated rings. The molecule has 1 unspecified atom stereocenters. The molecule has 0 radical (unpaired) electrons. The number of halogens is 1. The maximum absolute atomic E-state index is 14.1. The van der Waals surface area contributed by atoms with Crippen LogP contribution in [0.25, 0.3) is 0 Å². The smallest absolute Gasteiger partial charge is 0.272 e. The van der Waals surface area contributed by atoms with E-state index in [4.69, 9.17) is 0 Å². The summed E-state index contributed by atoms with van der Waals surface area (Å²) in [5, 5.41) is 13.5. The van der Waals surface area contributed by atoms with Crippen molar-refractivity contribution < 1.29 is 14.1 Å². The summed E-state index contributed by atoms with van der Waals surface area (Å²) in [4.78, 5) is 23.9. The molecule has 7 heteroatoms. The van der Waals surface area contributed by atoms with Gasteiger partial charge in [-0.2, -0.15) is 0 Å². The number of hydrogen-bond donors (Lipinski definition) is 1. The molecule has 1 atom stereocenters. The second-order valence-electron chi connectivity index (χ2n) is 5.47. The van der Waals surface area contributed by atoms with Gasteiger partial charge in [-0.25, -0.2) is 4.39 Å². The van der Waals surface area contributed by atoms with Crippen LogP contribution in [0.4, 0.5) is 15.8 Å². The largest absolute Gasteiger partial charge is 0.368 e. The molecule has 120 valence electrons. The van der Waals surface area contributed by atoms with E-state index in [9.17, 15) is 19.3 Å². The normalized spacial score (nSPS) is 18.1. The van der Waals surface area contributed by atoms with Crippen LogP contribution in [0.2, 0.25) is 0 Å². The number of hydrogen-bond acceptors (Lipinski definition) is 4. The van der Waals surface area contributed by atoms with Crippen LogP contribution in [0.5, 0.6) is 0 Å². The van der Waals surface area contributed by atoms with Crippen molar-refractivity contribution in [1.29, 1.82) is 0 Å². The van der Waals surface area contributed by atoms with Gasteiger partial charge in [0.25, 0.3) is 5.69 Å². The zero-order chi connectivity index (χ0) is 16.1. The molecule has 1 N–H and O–H groups in total. The molecule has 1 amide bonds. The monoisotopic (exact) mass is 309 g/mol. The number of carbonyl (C=O) groups excluding carboxylic acids is 1. The minimum absolute atomic E-state index is 0.00568. The zero-order valence-electron chi connectivity index (χ0n) is 12.5. The fourth-order valence-corrected chi connectivity index (χ4v) is 2.67. The van der Waals surface area contributed by atoms with Crippen molar-refractivity contribution in [2.45, 2.75) is 26.2 Å². The quantitative estimate of drug-likeness (QED) is 0.669. The van der Waals surface area contributed by atoms with E-state index in [0.29, 0.717) is 25.3 Å². The Morgan fingerprint density at radius 1 is 1.55 bits per heavy atom. The number of anilines is 1. The van der Waals surface area contributed by atoms with Gasteiger partial charge in [0, 0.05) is 25.7 Å². The summed E-state index contributed by atoms with van der Waals surface area (Å²) in [6.45, 7) is 3.71. The number of benzene rings is 1. The van der Waals surface area contributed by atoms with Crippen molar-refractivity contribution in [1.82, 2.24) is 5.32 Å². The number of nitrogens with one attached hydrogen (secondary N) is 1. The summed E-state index contributed by atoms with van der Waals surface area (Å²) in [5.74, 6) is -0.799. The Kier molecular flexibility index (Phi) is 5.30. The summed E-state index contributed by atoms with van der Waals surface area (Å²) >= 11 is 0. The number of rotatable bonds is 5. The first kappa shape index (κ1) is 16.2. The molecular formula is C15H20FN3O3. The third kappa shape index (κ3) is 3.72. The fourth-order valence-electron chi connectivity index (χ4n) is 2.67.